The van der Waals surface area contributed by atoms with Gasteiger partial charge in [-0.2, -0.15) is 0 Å². The number of rotatable bonds is 5. The predicted octanol–water partition coefficient (Wildman–Crippen LogP) is 4.79. The van der Waals surface area contributed by atoms with E-state index in [4.69, 9.17) is 4.74 Å². The van der Waals surface area contributed by atoms with Crippen LogP contribution >= 0.6 is 0 Å². The van der Waals surface area contributed by atoms with Gasteiger partial charge < -0.3 is 15.4 Å². The van der Waals surface area contributed by atoms with Gasteiger partial charge in [0.2, 0.25) is 0 Å². The van der Waals surface area contributed by atoms with Gasteiger partial charge in [-0.1, -0.05) is 24.3 Å². The number of methoxy groups -OCH3 is 1. The van der Waals surface area contributed by atoms with Crippen molar-refractivity contribution in [2.45, 2.75) is 38.5 Å². The SMILES string of the molecule is COc1ccc([C@@H]2CC(=O)C3=C(C2)NC(C)=C(C(=O)Nc2cccc(C)n2)[C@H]3c2cccnc2)cc1. The summed E-state index contributed by atoms with van der Waals surface area (Å²) >= 11 is 0. The Morgan fingerprint density at radius 1 is 1.03 bits per heavy atom. The van der Waals surface area contributed by atoms with Gasteiger partial charge in [0.25, 0.3) is 5.91 Å². The summed E-state index contributed by atoms with van der Waals surface area (Å²) in [5.74, 6) is 0.534. The summed E-state index contributed by atoms with van der Waals surface area (Å²) < 4.78 is 5.28. The molecule has 1 aromatic carbocycles. The first kappa shape index (κ1) is 23.5. The van der Waals surface area contributed by atoms with Crippen LogP contribution in [0.4, 0.5) is 5.82 Å². The summed E-state index contributed by atoms with van der Waals surface area (Å²) in [7, 11) is 1.64. The number of amides is 1. The third-order valence-corrected chi connectivity index (χ3v) is 6.81. The van der Waals surface area contributed by atoms with Gasteiger partial charge in [0.15, 0.2) is 5.78 Å². The standard InChI is InChI=1S/C29H28N4O3/c1-17-6-4-8-25(31-17)33-29(35)26-18(2)32-23-14-21(19-9-11-22(36-3)12-10-19)15-24(34)28(23)27(26)20-7-5-13-30-16-20/h4-13,16,21,27,32H,14-15H2,1-3H3,(H,31,33,35)/t21-,27+/m0/s1. The summed E-state index contributed by atoms with van der Waals surface area (Å²) in [4.78, 5) is 36.0. The van der Waals surface area contributed by atoms with Crippen LogP contribution in [0.3, 0.4) is 0 Å². The molecule has 7 nitrogen and oxygen atoms in total. The average Bonchev–Trinajstić information content (AvgIpc) is 2.88. The molecule has 1 aliphatic heterocycles. The van der Waals surface area contributed by atoms with Crippen molar-refractivity contribution in [3.05, 3.63) is 106 Å². The molecular formula is C29H28N4O3. The van der Waals surface area contributed by atoms with Crippen LogP contribution in [0, 0.1) is 6.92 Å². The van der Waals surface area contributed by atoms with Gasteiger partial charge in [0.05, 0.1) is 7.11 Å². The first-order valence-electron chi connectivity index (χ1n) is 12.0. The van der Waals surface area contributed by atoms with E-state index in [1.165, 1.54) is 0 Å². The Kier molecular flexibility index (Phi) is 6.38. The van der Waals surface area contributed by atoms with E-state index in [-0.39, 0.29) is 17.6 Å². The maximum absolute atomic E-state index is 13.7. The Morgan fingerprint density at radius 3 is 2.53 bits per heavy atom. The number of anilines is 1. The monoisotopic (exact) mass is 480 g/mol. The number of pyridine rings is 2. The fourth-order valence-electron chi connectivity index (χ4n) is 5.13. The minimum Gasteiger partial charge on any atom is -0.497 e. The van der Waals surface area contributed by atoms with Gasteiger partial charge in [-0.15, -0.1) is 0 Å². The first-order chi connectivity index (χ1) is 17.4. The number of aromatic nitrogens is 2. The molecule has 0 radical (unpaired) electrons. The topological polar surface area (TPSA) is 93.2 Å². The number of dihydropyridines is 1. The summed E-state index contributed by atoms with van der Waals surface area (Å²) in [5.41, 5.74) is 5.43. The van der Waals surface area contributed by atoms with Gasteiger partial charge in [0, 0.05) is 53.0 Å². The molecule has 0 spiro atoms. The Hall–Kier alpha value is -4.26. The number of hydrogen-bond donors (Lipinski definition) is 2. The summed E-state index contributed by atoms with van der Waals surface area (Å²) in [6.07, 6.45) is 4.47. The van der Waals surface area contributed by atoms with Crippen LogP contribution in [0.25, 0.3) is 0 Å². The maximum Gasteiger partial charge on any atom is 0.255 e. The van der Waals surface area contributed by atoms with Gasteiger partial charge in [-0.3, -0.25) is 14.6 Å². The van der Waals surface area contributed by atoms with Crippen LogP contribution in [-0.4, -0.2) is 28.8 Å². The molecular weight excluding hydrogens is 452 g/mol. The largest absolute Gasteiger partial charge is 0.497 e. The molecule has 2 atom stereocenters. The molecule has 182 valence electrons. The van der Waals surface area contributed by atoms with E-state index < -0.39 is 5.92 Å². The molecule has 2 aliphatic rings. The van der Waals surface area contributed by atoms with E-state index in [2.05, 4.69) is 20.6 Å². The molecule has 0 unspecified atom stereocenters. The molecule has 7 heteroatoms. The van der Waals surface area contributed by atoms with Crippen LogP contribution in [-0.2, 0) is 9.59 Å². The number of Topliss-reactive ketones (excluding diaryl/α,β-unsaturated/α-hetero) is 1. The van der Waals surface area contributed by atoms with E-state index in [1.54, 1.807) is 25.6 Å². The second-order valence-corrected chi connectivity index (χ2v) is 9.20. The van der Waals surface area contributed by atoms with Gasteiger partial charge in [0.1, 0.15) is 11.6 Å². The first-order valence-corrected chi connectivity index (χ1v) is 12.0. The zero-order chi connectivity index (χ0) is 25.2. The van der Waals surface area contributed by atoms with Crippen molar-refractivity contribution in [2.75, 3.05) is 12.4 Å². The quantitative estimate of drug-likeness (QED) is 0.545. The molecule has 0 bridgehead atoms. The Balaban J connectivity index is 1.52. The van der Waals surface area contributed by atoms with E-state index in [0.717, 1.165) is 34.0 Å². The molecule has 0 saturated carbocycles. The van der Waals surface area contributed by atoms with E-state index >= 15 is 0 Å². The number of aryl methyl sites for hydroxylation is 1. The fourth-order valence-corrected chi connectivity index (χ4v) is 5.13. The number of ketones is 1. The van der Waals surface area contributed by atoms with Crippen molar-refractivity contribution < 1.29 is 14.3 Å². The lowest BCUT2D eigenvalue weighted by molar-refractivity contribution is -0.116. The van der Waals surface area contributed by atoms with E-state index in [9.17, 15) is 9.59 Å². The number of hydrogen-bond acceptors (Lipinski definition) is 6. The Labute approximate surface area is 210 Å². The van der Waals surface area contributed by atoms with E-state index in [0.29, 0.717) is 29.8 Å². The highest BCUT2D eigenvalue weighted by atomic mass is 16.5. The normalized spacial score (nSPS) is 19.5. The number of ether oxygens (including phenoxy) is 1. The zero-order valence-electron chi connectivity index (χ0n) is 20.5. The molecule has 2 N–H and O–H groups in total. The number of nitrogens with one attached hydrogen (secondary N) is 2. The third-order valence-electron chi connectivity index (χ3n) is 6.81. The number of benzene rings is 1. The van der Waals surface area contributed by atoms with Crippen LogP contribution in [0.1, 0.15) is 48.4 Å². The minimum atomic E-state index is -0.510. The molecule has 5 rings (SSSR count). The lowest BCUT2D eigenvalue weighted by atomic mass is 9.72. The molecule has 1 aliphatic carbocycles. The van der Waals surface area contributed by atoms with Crippen LogP contribution in [0.15, 0.2) is 89.5 Å². The smallest absolute Gasteiger partial charge is 0.255 e. The molecule has 3 heterocycles. The lowest BCUT2D eigenvalue weighted by Crippen LogP contribution is -2.37. The third kappa shape index (κ3) is 4.52. The highest BCUT2D eigenvalue weighted by Crippen LogP contribution is 2.45. The zero-order valence-corrected chi connectivity index (χ0v) is 20.5. The highest BCUT2D eigenvalue weighted by Gasteiger charge is 2.41. The van der Waals surface area contributed by atoms with Crippen LogP contribution in [0.2, 0.25) is 0 Å². The Morgan fingerprint density at radius 2 is 1.83 bits per heavy atom. The van der Waals surface area contributed by atoms with Gasteiger partial charge in [-0.05, 0) is 67.6 Å². The molecule has 36 heavy (non-hydrogen) atoms. The second kappa shape index (κ2) is 9.77. The van der Waals surface area contributed by atoms with Crippen molar-refractivity contribution in [2.24, 2.45) is 0 Å². The highest BCUT2D eigenvalue weighted by molar-refractivity contribution is 6.09. The molecule has 3 aromatic rings. The van der Waals surface area contributed by atoms with Gasteiger partial charge >= 0.3 is 0 Å². The molecule has 2 aromatic heterocycles. The number of carbonyl (C=O) groups is 2. The summed E-state index contributed by atoms with van der Waals surface area (Å²) in [5, 5.41) is 6.34. The van der Waals surface area contributed by atoms with Crippen molar-refractivity contribution in [3.8, 4) is 5.75 Å². The fraction of sp³-hybridized carbons (Fsp3) is 0.241. The summed E-state index contributed by atoms with van der Waals surface area (Å²) in [6.45, 7) is 3.75. The van der Waals surface area contributed by atoms with E-state index in [1.807, 2.05) is 62.4 Å². The van der Waals surface area contributed by atoms with Crippen molar-refractivity contribution in [3.63, 3.8) is 0 Å². The van der Waals surface area contributed by atoms with Crippen LogP contribution < -0.4 is 15.4 Å². The predicted molar refractivity (Wildman–Crippen MR) is 137 cm³/mol. The Bertz CT molecular complexity index is 1380. The van der Waals surface area contributed by atoms with Gasteiger partial charge in [-0.25, -0.2) is 4.98 Å². The summed E-state index contributed by atoms with van der Waals surface area (Å²) in [6, 6.07) is 17.1. The molecule has 1 amide bonds. The maximum atomic E-state index is 13.7. The lowest BCUT2D eigenvalue weighted by Gasteiger charge is -2.37. The van der Waals surface area contributed by atoms with Crippen molar-refractivity contribution in [1.29, 1.82) is 0 Å². The number of allylic oxidation sites excluding steroid dienone is 3. The molecule has 0 saturated heterocycles. The van der Waals surface area contributed by atoms with Crippen molar-refractivity contribution in [1.82, 2.24) is 15.3 Å². The average molecular weight is 481 g/mol. The second-order valence-electron chi connectivity index (χ2n) is 9.20. The minimum absolute atomic E-state index is 0.0323. The van der Waals surface area contributed by atoms with Crippen molar-refractivity contribution >= 4 is 17.5 Å². The molecule has 0 fully saturated rings. The number of nitrogens with zero attached hydrogens (tertiary/aromatic N) is 2. The van der Waals surface area contributed by atoms with Crippen LogP contribution in [0.5, 0.6) is 5.75 Å². The number of carbonyl (C=O) groups excluding carboxylic acids is 2.